The summed E-state index contributed by atoms with van der Waals surface area (Å²) in [6.45, 7) is 6.27. The molecule has 1 rings (SSSR count). The van der Waals surface area contributed by atoms with Crippen molar-refractivity contribution in [1.29, 1.82) is 0 Å². The van der Waals surface area contributed by atoms with E-state index in [1.54, 1.807) is 25.4 Å². The zero-order valence-electron chi connectivity index (χ0n) is 9.65. The highest BCUT2D eigenvalue weighted by Gasteiger charge is 2.21. The molecule has 0 aromatic carbocycles. The number of carbonyl (C=O) groups excluding carboxylic acids is 1. The van der Waals surface area contributed by atoms with Crippen LogP contribution in [-0.4, -0.2) is 24.1 Å². The first-order valence-electron chi connectivity index (χ1n) is 5.30. The van der Waals surface area contributed by atoms with E-state index in [0.29, 0.717) is 13.2 Å². The van der Waals surface area contributed by atoms with Crippen LogP contribution in [0.2, 0.25) is 0 Å². The molecule has 0 spiro atoms. The molecule has 1 atom stereocenters. The highest BCUT2D eigenvalue weighted by molar-refractivity contribution is 9.10. The molecule has 1 unspecified atom stereocenters. The lowest BCUT2D eigenvalue weighted by molar-refractivity contribution is -0.145. The Balaban J connectivity index is 2.88. The van der Waals surface area contributed by atoms with Crippen molar-refractivity contribution in [2.45, 2.75) is 13.0 Å². The molecule has 1 N–H and O–H groups in total. The van der Waals surface area contributed by atoms with E-state index in [-0.39, 0.29) is 5.97 Å². The van der Waals surface area contributed by atoms with Gasteiger partial charge in [0.25, 0.3) is 0 Å². The molecular formula is C12H15BrN2O2. The molecule has 0 saturated heterocycles. The normalized spacial score (nSPS) is 11.9. The van der Waals surface area contributed by atoms with E-state index in [9.17, 15) is 4.79 Å². The molecule has 1 aromatic heterocycles. The third-order valence-electron chi connectivity index (χ3n) is 2.05. The highest BCUT2D eigenvalue weighted by atomic mass is 79.9. The minimum atomic E-state index is -0.516. The van der Waals surface area contributed by atoms with Gasteiger partial charge in [-0.1, -0.05) is 6.08 Å². The average Bonchev–Trinajstić information content (AvgIpc) is 2.30. The highest BCUT2D eigenvalue weighted by Crippen LogP contribution is 2.18. The minimum absolute atomic E-state index is 0.311. The van der Waals surface area contributed by atoms with Gasteiger partial charge in [-0.3, -0.25) is 10.3 Å². The van der Waals surface area contributed by atoms with Crippen LogP contribution in [0.3, 0.4) is 0 Å². The molecule has 0 saturated carbocycles. The van der Waals surface area contributed by atoms with E-state index >= 15 is 0 Å². The fraction of sp³-hybridized carbons (Fsp3) is 0.333. The van der Waals surface area contributed by atoms with Gasteiger partial charge in [0, 0.05) is 23.4 Å². The Hall–Kier alpha value is -1.20. The summed E-state index contributed by atoms with van der Waals surface area (Å²) < 4.78 is 5.84. The molecule has 92 valence electrons. The van der Waals surface area contributed by atoms with Crippen LogP contribution in [-0.2, 0) is 9.53 Å². The number of aromatic nitrogens is 1. The maximum Gasteiger partial charge on any atom is 0.327 e. The van der Waals surface area contributed by atoms with Crippen molar-refractivity contribution >= 4 is 21.9 Å². The molecule has 1 aromatic rings. The van der Waals surface area contributed by atoms with Gasteiger partial charge < -0.3 is 4.74 Å². The number of pyridine rings is 1. The summed E-state index contributed by atoms with van der Waals surface area (Å²) >= 11 is 3.32. The zero-order valence-corrected chi connectivity index (χ0v) is 11.2. The monoisotopic (exact) mass is 298 g/mol. The Bertz CT molecular complexity index is 396. The summed E-state index contributed by atoms with van der Waals surface area (Å²) in [7, 11) is 0. The van der Waals surface area contributed by atoms with Crippen LogP contribution < -0.4 is 5.32 Å². The molecule has 0 aliphatic rings. The van der Waals surface area contributed by atoms with Crippen LogP contribution in [0.5, 0.6) is 0 Å². The second kappa shape index (κ2) is 7.19. The van der Waals surface area contributed by atoms with Crippen LogP contribution in [0.25, 0.3) is 0 Å². The van der Waals surface area contributed by atoms with Gasteiger partial charge in [-0.2, -0.15) is 0 Å². The van der Waals surface area contributed by atoms with E-state index in [4.69, 9.17) is 4.74 Å². The average molecular weight is 299 g/mol. The molecule has 4 nitrogen and oxygen atoms in total. The van der Waals surface area contributed by atoms with Gasteiger partial charge in [0.1, 0.15) is 6.04 Å². The second-order valence-corrected chi connectivity index (χ2v) is 4.23. The van der Waals surface area contributed by atoms with Gasteiger partial charge in [-0.25, -0.2) is 4.79 Å². The number of nitrogens with one attached hydrogen (secondary N) is 1. The summed E-state index contributed by atoms with van der Waals surface area (Å²) in [5, 5.41) is 3.04. The first-order valence-corrected chi connectivity index (χ1v) is 6.09. The number of hydrogen-bond acceptors (Lipinski definition) is 4. The van der Waals surface area contributed by atoms with Crippen LogP contribution in [0.15, 0.2) is 35.6 Å². The summed E-state index contributed by atoms with van der Waals surface area (Å²) in [6, 6.07) is 1.32. The number of ether oxygens (including phenoxy) is 1. The molecule has 0 fully saturated rings. The first-order chi connectivity index (χ1) is 8.19. The maximum absolute atomic E-state index is 11.8. The Kier molecular flexibility index (Phi) is 5.86. The molecule has 17 heavy (non-hydrogen) atoms. The number of rotatable bonds is 6. The summed E-state index contributed by atoms with van der Waals surface area (Å²) in [4.78, 5) is 15.8. The van der Waals surface area contributed by atoms with Gasteiger partial charge in [0.2, 0.25) is 0 Å². The largest absolute Gasteiger partial charge is 0.465 e. The smallest absolute Gasteiger partial charge is 0.327 e. The topological polar surface area (TPSA) is 51.2 Å². The number of nitrogens with zero attached hydrogens (tertiary/aromatic N) is 1. The summed E-state index contributed by atoms with van der Waals surface area (Å²) in [5.41, 5.74) is 0.764. The number of halogens is 1. The lowest BCUT2D eigenvalue weighted by Gasteiger charge is -2.16. The zero-order chi connectivity index (χ0) is 12.7. The summed E-state index contributed by atoms with van der Waals surface area (Å²) in [6.07, 6.45) is 5.00. The molecule has 0 aliphatic carbocycles. The Morgan fingerprint density at radius 2 is 2.47 bits per heavy atom. The van der Waals surface area contributed by atoms with E-state index in [1.165, 1.54) is 0 Å². The van der Waals surface area contributed by atoms with Crippen molar-refractivity contribution in [2.75, 3.05) is 13.2 Å². The van der Waals surface area contributed by atoms with Crippen molar-refractivity contribution < 1.29 is 9.53 Å². The first kappa shape index (κ1) is 13.9. The maximum atomic E-state index is 11.8. The number of esters is 1. The van der Waals surface area contributed by atoms with Crippen molar-refractivity contribution in [3.05, 3.63) is 41.2 Å². The molecular weight excluding hydrogens is 284 g/mol. The predicted octanol–water partition coefficient (Wildman–Crippen LogP) is 2.22. The molecule has 0 radical (unpaired) electrons. The standard InChI is InChI=1S/C12H15BrN2O2/c1-3-5-15-11(12(16)17-4-2)9-6-10(13)8-14-7-9/h3,6-8,11,15H,1,4-5H2,2H3. The van der Waals surface area contributed by atoms with E-state index in [0.717, 1.165) is 10.0 Å². The summed E-state index contributed by atoms with van der Waals surface area (Å²) in [5.74, 6) is -0.311. The second-order valence-electron chi connectivity index (χ2n) is 3.32. The SMILES string of the molecule is C=CCNC(C(=O)OCC)c1cncc(Br)c1. The van der Waals surface area contributed by atoms with Crippen LogP contribution in [0, 0.1) is 0 Å². The van der Waals surface area contributed by atoms with E-state index in [1.807, 2.05) is 6.07 Å². The van der Waals surface area contributed by atoms with Crippen LogP contribution in [0.1, 0.15) is 18.5 Å². The van der Waals surface area contributed by atoms with E-state index < -0.39 is 6.04 Å². The molecule has 5 heteroatoms. The molecule has 1 heterocycles. The van der Waals surface area contributed by atoms with Crippen LogP contribution >= 0.6 is 15.9 Å². The van der Waals surface area contributed by atoms with Crippen molar-refractivity contribution in [3.8, 4) is 0 Å². The fourth-order valence-electron chi connectivity index (χ4n) is 1.35. The fourth-order valence-corrected chi connectivity index (χ4v) is 1.73. The van der Waals surface area contributed by atoms with Crippen molar-refractivity contribution in [2.24, 2.45) is 0 Å². The Morgan fingerprint density at radius 3 is 3.06 bits per heavy atom. The number of hydrogen-bond donors (Lipinski definition) is 1. The van der Waals surface area contributed by atoms with Gasteiger partial charge in [-0.05, 0) is 34.5 Å². The van der Waals surface area contributed by atoms with Crippen LogP contribution in [0.4, 0.5) is 0 Å². The van der Waals surface area contributed by atoms with Crippen molar-refractivity contribution in [1.82, 2.24) is 10.3 Å². The molecule has 0 amide bonds. The molecule has 0 bridgehead atoms. The van der Waals surface area contributed by atoms with E-state index in [2.05, 4.69) is 32.8 Å². The van der Waals surface area contributed by atoms with Crippen molar-refractivity contribution in [3.63, 3.8) is 0 Å². The minimum Gasteiger partial charge on any atom is -0.465 e. The lowest BCUT2D eigenvalue weighted by atomic mass is 10.1. The van der Waals surface area contributed by atoms with Gasteiger partial charge in [-0.15, -0.1) is 6.58 Å². The Labute approximate surface area is 109 Å². The van der Waals surface area contributed by atoms with Gasteiger partial charge >= 0.3 is 5.97 Å². The third-order valence-corrected chi connectivity index (χ3v) is 2.48. The Morgan fingerprint density at radius 1 is 1.71 bits per heavy atom. The number of carbonyl (C=O) groups is 1. The molecule has 0 aliphatic heterocycles. The van der Waals surface area contributed by atoms with Gasteiger partial charge in [0.05, 0.1) is 6.61 Å². The lowest BCUT2D eigenvalue weighted by Crippen LogP contribution is -2.30. The third kappa shape index (κ3) is 4.28. The predicted molar refractivity (Wildman–Crippen MR) is 69.5 cm³/mol. The quantitative estimate of drug-likeness (QED) is 0.646. The van der Waals surface area contributed by atoms with Gasteiger partial charge in [0.15, 0.2) is 0 Å².